The molecule has 0 N–H and O–H groups in total. The van der Waals surface area contributed by atoms with Crippen LogP contribution in [0.3, 0.4) is 0 Å². The van der Waals surface area contributed by atoms with Crippen molar-refractivity contribution < 1.29 is 19.1 Å². The number of ketones is 1. The van der Waals surface area contributed by atoms with E-state index in [0.29, 0.717) is 26.9 Å². The Bertz CT molecular complexity index is 1200. The van der Waals surface area contributed by atoms with Gasteiger partial charge in [-0.15, -0.1) is 0 Å². The fourth-order valence-corrected chi connectivity index (χ4v) is 3.17. The predicted molar refractivity (Wildman–Crippen MR) is 117 cm³/mol. The van der Waals surface area contributed by atoms with Crippen LogP contribution in [0.15, 0.2) is 78.6 Å². The molecule has 1 aliphatic heterocycles. The van der Waals surface area contributed by atoms with Crippen molar-refractivity contribution in [1.82, 2.24) is 0 Å². The molecule has 0 spiro atoms. The summed E-state index contributed by atoms with van der Waals surface area (Å²) < 4.78 is 11.0. The van der Waals surface area contributed by atoms with Gasteiger partial charge in [-0.25, -0.2) is 4.79 Å². The highest BCUT2D eigenvalue weighted by molar-refractivity contribution is 6.42. The third kappa shape index (κ3) is 4.46. The Morgan fingerprint density at radius 1 is 0.900 bits per heavy atom. The minimum atomic E-state index is -0.533. The third-order valence-electron chi connectivity index (χ3n) is 4.31. The lowest BCUT2D eigenvalue weighted by molar-refractivity contribution is -0.128. The second kappa shape index (κ2) is 8.57. The van der Waals surface area contributed by atoms with Gasteiger partial charge >= 0.3 is 5.97 Å². The van der Waals surface area contributed by atoms with Gasteiger partial charge in [0.25, 0.3) is 0 Å². The number of hydrogen-bond acceptors (Lipinski definition) is 4. The van der Waals surface area contributed by atoms with Crippen LogP contribution in [0.2, 0.25) is 10.0 Å². The molecule has 4 nitrogen and oxygen atoms in total. The summed E-state index contributed by atoms with van der Waals surface area (Å²) in [6.07, 6.45) is 4.58. The molecule has 1 aliphatic rings. The average Bonchev–Trinajstić information content (AvgIpc) is 3.04. The number of Topliss-reactive ketones (excluding diaryl/α,β-unsaturated/α-hetero) is 1. The second-order valence-electron chi connectivity index (χ2n) is 6.44. The zero-order chi connectivity index (χ0) is 21.1. The Morgan fingerprint density at radius 2 is 1.70 bits per heavy atom. The molecular weight excluding hydrogens is 423 g/mol. The molecule has 3 aromatic rings. The van der Waals surface area contributed by atoms with Gasteiger partial charge in [0.1, 0.15) is 11.5 Å². The first-order valence-electron chi connectivity index (χ1n) is 8.98. The van der Waals surface area contributed by atoms with E-state index >= 15 is 0 Å². The van der Waals surface area contributed by atoms with Gasteiger partial charge in [0.2, 0.25) is 5.78 Å². The molecule has 0 fully saturated rings. The van der Waals surface area contributed by atoms with Crippen molar-refractivity contribution in [3.63, 3.8) is 0 Å². The third-order valence-corrected chi connectivity index (χ3v) is 5.05. The maximum absolute atomic E-state index is 12.6. The number of carbonyl (C=O) groups is 2. The number of allylic oxidation sites excluding steroid dienone is 1. The van der Waals surface area contributed by atoms with Crippen LogP contribution in [0.1, 0.15) is 21.5 Å². The molecule has 0 radical (unpaired) electrons. The van der Waals surface area contributed by atoms with Crippen LogP contribution in [0, 0.1) is 0 Å². The van der Waals surface area contributed by atoms with E-state index in [2.05, 4.69) is 0 Å². The minimum absolute atomic E-state index is 0.149. The Labute approximate surface area is 183 Å². The molecule has 0 atom stereocenters. The SMILES string of the molecule is O=C(/C=C/c1ccccc1)Oc1ccc2c(c1)O/C(=C\c1ccc(Cl)c(Cl)c1)C2=O. The van der Waals surface area contributed by atoms with Gasteiger partial charge in [0, 0.05) is 12.1 Å². The van der Waals surface area contributed by atoms with Crippen LogP contribution < -0.4 is 9.47 Å². The lowest BCUT2D eigenvalue weighted by atomic mass is 10.1. The van der Waals surface area contributed by atoms with Gasteiger partial charge in [-0.3, -0.25) is 4.79 Å². The van der Waals surface area contributed by atoms with Crippen molar-refractivity contribution in [1.29, 1.82) is 0 Å². The standard InChI is InChI=1S/C24H14Cl2O4/c25-19-10-6-16(12-20(19)26)13-22-24(28)18-9-8-17(14-21(18)30-22)29-23(27)11-7-15-4-2-1-3-5-15/h1-14H/b11-7+,22-13-. The molecule has 0 bridgehead atoms. The topological polar surface area (TPSA) is 52.6 Å². The maximum Gasteiger partial charge on any atom is 0.336 e. The molecular formula is C24H14Cl2O4. The van der Waals surface area contributed by atoms with Crippen molar-refractivity contribution in [2.24, 2.45) is 0 Å². The van der Waals surface area contributed by atoms with Crippen LogP contribution in [-0.2, 0) is 4.79 Å². The fraction of sp³-hybridized carbons (Fsp3) is 0. The van der Waals surface area contributed by atoms with Crippen molar-refractivity contribution in [3.8, 4) is 11.5 Å². The molecule has 0 amide bonds. The molecule has 6 heteroatoms. The van der Waals surface area contributed by atoms with E-state index in [-0.39, 0.29) is 17.3 Å². The largest absolute Gasteiger partial charge is 0.452 e. The normalized spacial score (nSPS) is 14.1. The first-order chi connectivity index (χ1) is 14.5. The lowest BCUT2D eigenvalue weighted by Crippen LogP contribution is -2.03. The summed E-state index contributed by atoms with van der Waals surface area (Å²) in [5, 5.41) is 0.806. The number of esters is 1. The summed E-state index contributed by atoms with van der Waals surface area (Å²) >= 11 is 11.9. The average molecular weight is 437 g/mol. The molecule has 0 unspecified atom stereocenters. The number of fused-ring (bicyclic) bond motifs is 1. The highest BCUT2D eigenvalue weighted by atomic mass is 35.5. The lowest BCUT2D eigenvalue weighted by Gasteiger charge is -2.03. The van der Waals surface area contributed by atoms with E-state index in [9.17, 15) is 9.59 Å². The zero-order valence-electron chi connectivity index (χ0n) is 15.5. The van der Waals surface area contributed by atoms with E-state index in [1.165, 1.54) is 12.1 Å². The van der Waals surface area contributed by atoms with E-state index < -0.39 is 5.97 Å². The molecule has 1 heterocycles. The number of carbonyl (C=O) groups excluding carboxylic acids is 2. The smallest absolute Gasteiger partial charge is 0.336 e. The van der Waals surface area contributed by atoms with E-state index in [1.807, 2.05) is 30.3 Å². The zero-order valence-corrected chi connectivity index (χ0v) is 17.0. The van der Waals surface area contributed by atoms with Crippen LogP contribution in [0.4, 0.5) is 0 Å². The molecule has 148 valence electrons. The summed E-state index contributed by atoms with van der Waals surface area (Å²) in [5.74, 6) is -0.0489. The Kier molecular flexibility index (Phi) is 5.70. The van der Waals surface area contributed by atoms with E-state index in [4.69, 9.17) is 32.7 Å². The fourth-order valence-electron chi connectivity index (χ4n) is 2.86. The maximum atomic E-state index is 12.6. The van der Waals surface area contributed by atoms with Crippen molar-refractivity contribution >= 4 is 47.1 Å². The van der Waals surface area contributed by atoms with Gasteiger partial charge in [-0.05, 0) is 47.5 Å². The van der Waals surface area contributed by atoms with Gasteiger partial charge in [0.05, 0.1) is 15.6 Å². The van der Waals surface area contributed by atoms with Gasteiger partial charge in [-0.1, -0.05) is 59.6 Å². The summed E-state index contributed by atoms with van der Waals surface area (Å²) in [7, 11) is 0. The molecule has 4 rings (SSSR count). The van der Waals surface area contributed by atoms with Gasteiger partial charge in [0.15, 0.2) is 5.76 Å². The molecule has 0 aromatic heterocycles. The van der Waals surface area contributed by atoms with Crippen LogP contribution in [0.5, 0.6) is 11.5 Å². The number of halogens is 2. The van der Waals surface area contributed by atoms with Gasteiger partial charge in [-0.2, -0.15) is 0 Å². The molecule has 0 aliphatic carbocycles. The Hall–Kier alpha value is -3.34. The highest BCUT2D eigenvalue weighted by Gasteiger charge is 2.28. The molecule has 0 saturated heterocycles. The number of rotatable bonds is 4. The molecule has 0 saturated carbocycles. The van der Waals surface area contributed by atoms with E-state index in [1.54, 1.807) is 42.5 Å². The quantitative estimate of drug-likeness (QED) is 0.276. The summed E-state index contributed by atoms with van der Waals surface area (Å²) in [4.78, 5) is 24.6. The first-order valence-corrected chi connectivity index (χ1v) is 9.73. The molecule has 30 heavy (non-hydrogen) atoms. The van der Waals surface area contributed by atoms with Crippen molar-refractivity contribution in [3.05, 3.63) is 105 Å². The second-order valence-corrected chi connectivity index (χ2v) is 7.25. The van der Waals surface area contributed by atoms with Crippen LogP contribution in [0.25, 0.3) is 12.2 Å². The number of benzene rings is 3. The first kappa shape index (κ1) is 20.0. The number of hydrogen-bond donors (Lipinski definition) is 0. The summed E-state index contributed by atoms with van der Waals surface area (Å²) in [5.41, 5.74) is 1.95. The van der Waals surface area contributed by atoms with E-state index in [0.717, 1.165) is 5.56 Å². The summed E-state index contributed by atoms with van der Waals surface area (Å²) in [6.45, 7) is 0. The minimum Gasteiger partial charge on any atom is -0.452 e. The highest BCUT2D eigenvalue weighted by Crippen LogP contribution is 2.35. The predicted octanol–water partition coefficient (Wildman–Crippen LogP) is 6.23. The van der Waals surface area contributed by atoms with Crippen molar-refractivity contribution in [2.75, 3.05) is 0 Å². The monoisotopic (exact) mass is 436 g/mol. The summed E-state index contributed by atoms with van der Waals surface area (Å²) in [6, 6.07) is 19.0. The van der Waals surface area contributed by atoms with Crippen LogP contribution >= 0.6 is 23.2 Å². The Balaban J connectivity index is 1.49. The number of ether oxygens (including phenoxy) is 2. The Morgan fingerprint density at radius 3 is 2.47 bits per heavy atom. The molecule has 3 aromatic carbocycles. The van der Waals surface area contributed by atoms with Crippen LogP contribution in [-0.4, -0.2) is 11.8 Å². The van der Waals surface area contributed by atoms with Crippen molar-refractivity contribution in [2.45, 2.75) is 0 Å². The van der Waals surface area contributed by atoms with Gasteiger partial charge < -0.3 is 9.47 Å².